The third-order valence-corrected chi connectivity index (χ3v) is 4.95. The molecule has 0 bridgehead atoms. The topological polar surface area (TPSA) is 104 Å². The standard InChI is InChI=1S/C13H13NO5S2/c15-12(10-5-6-20-8-10)7-14-21(18,19)11-3-1-9(2-4-11)13(16)17/h1-6,8,12,14-15H,7H2,(H,16,17). The molecule has 21 heavy (non-hydrogen) atoms. The molecular formula is C13H13NO5S2. The van der Waals surface area contributed by atoms with Gasteiger partial charge in [0.15, 0.2) is 0 Å². The Morgan fingerprint density at radius 3 is 2.43 bits per heavy atom. The number of thiophene rings is 1. The molecule has 0 aliphatic rings. The van der Waals surface area contributed by atoms with Crippen LogP contribution in [0.25, 0.3) is 0 Å². The predicted octanol–water partition coefficient (Wildman–Crippen LogP) is 1.46. The van der Waals surface area contributed by atoms with Gasteiger partial charge in [-0.15, -0.1) is 0 Å². The second-order valence-electron chi connectivity index (χ2n) is 4.25. The van der Waals surface area contributed by atoms with Crippen LogP contribution in [0.15, 0.2) is 46.0 Å². The highest BCUT2D eigenvalue weighted by Gasteiger charge is 2.17. The second-order valence-corrected chi connectivity index (χ2v) is 6.80. The van der Waals surface area contributed by atoms with Crippen LogP contribution < -0.4 is 4.72 Å². The fraction of sp³-hybridized carbons (Fsp3) is 0.154. The molecule has 1 atom stereocenters. The van der Waals surface area contributed by atoms with Crippen LogP contribution in [0, 0.1) is 0 Å². The van der Waals surface area contributed by atoms with E-state index in [4.69, 9.17) is 5.11 Å². The molecule has 0 radical (unpaired) electrons. The zero-order valence-corrected chi connectivity index (χ0v) is 12.4. The van der Waals surface area contributed by atoms with Gasteiger partial charge in [-0.1, -0.05) is 0 Å². The zero-order valence-electron chi connectivity index (χ0n) is 10.8. The molecule has 2 aromatic rings. The van der Waals surface area contributed by atoms with Gasteiger partial charge in [-0.3, -0.25) is 0 Å². The lowest BCUT2D eigenvalue weighted by Gasteiger charge is -2.11. The van der Waals surface area contributed by atoms with E-state index in [0.29, 0.717) is 5.56 Å². The number of carboxylic acids is 1. The third-order valence-electron chi connectivity index (χ3n) is 2.81. The van der Waals surface area contributed by atoms with E-state index in [-0.39, 0.29) is 17.0 Å². The fourth-order valence-corrected chi connectivity index (χ4v) is 3.38. The van der Waals surface area contributed by atoms with Crippen LogP contribution in [0.2, 0.25) is 0 Å². The van der Waals surface area contributed by atoms with Crippen molar-refractivity contribution in [2.24, 2.45) is 0 Å². The maximum atomic E-state index is 12.0. The molecule has 3 N–H and O–H groups in total. The van der Waals surface area contributed by atoms with Crippen LogP contribution in [0.4, 0.5) is 0 Å². The first-order chi connectivity index (χ1) is 9.90. The molecule has 0 saturated carbocycles. The van der Waals surface area contributed by atoms with Gasteiger partial charge in [-0.25, -0.2) is 17.9 Å². The molecular weight excluding hydrogens is 314 g/mol. The number of aliphatic hydroxyl groups is 1. The highest BCUT2D eigenvalue weighted by atomic mass is 32.2. The molecule has 0 aliphatic carbocycles. The SMILES string of the molecule is O=C(O)c1ccc(S(=O)(=O)NCC(O)c2ccsc2)cc1. The zero-order chi connectivity index (χ0) is 15.5. The lowest BCUT2D eigenvalue weighted by Crippen LogP contribution is -2.28. The first-order valence-corrected chi connectivity index (χ1v) is 8.36. The van der Waals surface area contributed by atoms with Gasteiger partial charge in [0.05, 0.1) is 16.6 Å². The van der Waals surface area contributed by atoms with Gasteiger partial charge in [-0.2, -0.15) is 11.3 Å². The summed E-state index contributed by atoms with van der Waals surface area (Å²) >= 11 is 1.41. The predicted molar refractivity (Wildman–Crippen MR) is 77.9 cm³/mol. The Morgan fingerprint density at radius 2 is 1.90 bits per heavy atom. The molecule has 0 aliphatic heterocycles. The fourth-order valence-electron chi connectivity index (χ4n) is 1.63. The van der Waals surface area contributed by atoms with Crippen molar-refractivity contribution in [2.75, 3.05) is 6.54 Å². The number of rotatable bonds is 6. The first-order valence-electron chi connectivity index (χ1n) is 5.93. The largest absolute Gasteiger partial charge is 0.478 e. The highest BCUT2D eigenvalue weighted by molar-refractivity contribution is 7.89. The number of sulfonamides is 1. The molecule has 0 amide bonds. The van der Waals surface area contributed by atoms with E-state index < -0.39 is 22.1 Å². The van der Waals surface area contributed by atoms with Crippen molar-refractivity contribution in [2.45, 2.75) is 11.0 Å². The van der Waals surface area contributed by atoms with Gasteiger partial charge in [0.25, 0.3) is 0 Å². The number of benzene rings is 1. The van der Waals surface area contributed by atoms with Crippen molar-refractivity contribution in [3.05, 3.63) is 52.2 Å². The van der Waals surface area contributed by atoms with Crippen LogP contribution >= 0.6 is 11.3 Å². The number of hydrogen-bond donors (Lipinski definition) is 3. The Labute approximate surface area is 125 Å². The maximum absolute atomic E-state index is 12.0. The average molecular weight is 327 g/mol. The maximum Gasteiger partial charge on any atom is 0.335 e. The minimum absolute atomic E-state index is 0.00672. The van der Waals surface area contributed by atoms with Crippen LogP contribution in [0.3, 0.4) is 0 Å². The van der Waals surface area contributed by atoms with Crippen molar-refractivity contribution < 1.29 is 23.4 Å². The number of aromatic carboxylic acids is 1. The Bertz CT molecular complexity index is 708. The molecule has 8 heteroatoms. The smallest absolute Gasteiger partial charge is 0.335 e. The van der Waals surface area contributed by atoms with E-state index >= 15 is 0 Å². The Kier molecular flexibility index (Phi) is 4.73. The Hall–Kier alpha value is -1.74. The number of hydrogen-bond acceptors (Lipinski definition) is 5. The highest BCUT2D eigenvalue weighted by Crippen LogP contribution is 2.16. The molecule has 1 unspecified atom stereocenters. The van der Waals surface area contributed by atoms with E-state index in [1.54, 1.807) is 16.8 Å². The first kappa shape index (κ1) is 15.6. The van der Waals surface area contributed by atoms with Crippen LogP contribution in [-0.2, 0) is 10.0 Å². The summed E-state index contributed by atoms with van der Waals surface area (Å²) in [6.45, 7) is -0.153. The molecule has 112 valence electrons. The van der Waals surface area contributed by atoms with Crippen LogP contribution in [0.1, 0.15) is 22.0 Å². The lowest BCUT2D eigenvalue weighted by molar-refractivity contribution is 0.0696. The summed E-state index contributed by atoms with van der Waals surface area (Å²) in [6, 6.07) is 6.56. The Morgan fingerprint density at radius 1 is 1.24 bits per heavy atom. The number of carbonyl (C=O) groups is 1. The minimum atomic E-state index is -3.79. The molecule has 1 aromatic heterocycles. The van der Waals surface area contributed by atoms with E-state index in [1.165, 1.54) is 35.6 Å². The van der Waals surface area contributed by atoms with Crippen molar-refractivity contribution in [3.8, 4) is 0 Å². The summed E-state index contributed by atoms with van der Waals surface area (Å²) in [5.74, 6) is -1.13. The van der Waals surface area contributed by atoms with Crippen LogP contribution in [0.5, 0.6) is 0 Å². The second kappa shape index (κ2) is 6.35. The monoisotopic (exact) mass is 327 g/mol. The van der Waals surface area contributed by atoms with Gasteiger partial charge in [-0.05, 0) is 46.7 Å². The quantitative estimate of drug-likeness (QED) is 0.745. The molecule has 0 fully saturated rings. The third kappa shape index (κ3) is 3.88. The summed E-state index contributed by atoms with van der Waals surface area (Å²) in [6.07, 6.45) is -0.927. The molecule has 0 saturated heterocycles. The summed E-state index contributed by atoms with van der Waals surface area (Å²) < 4.78 is 26.3. The summed E-state index contributed by atoms with van der Waals surface area (Å²) in [7, 11) is -3.79. The average Bonchev–Trinajstić information content (AvgIpc) is 2.99. The molecule has 0 spiro atoms. The van der Waals surface area contributed by atoms with E-state index in [2.05, 4.69) is 4.72 Å². The molecule has 1 heterocycles. The Balaban J connectivity index is 2.06. The normalized spacial score (nSPS) is 13.0. The molecule has 6 nitrogen and oxygen atoms in total. The summed E-state index contributed by atoms with van der Waals surface area (Å²) in [5.41, 5.74) is 0.649. The number of nitrogens with one attached hydrogen (secondary N) is 1. The van der Waals surface area contributed by atoms with Crippen molar-refractivity contribution >= 4 is 27.3 Å². The van der Waals surface area contributed by atoms with E-state index in [0.717, 1.165) is 0 Å². The van der Waals surface area contributed by atoms with Crippen molar-refractivity contribution in [1.29, 1.82) is 0 Å². The van der Waals surface area contributed by atoms with Crippen molar-refractivity contribution in [3.63, 3.8) is 0 Å². The van der Waals surface area contributed by atoms with Crippen LogP contribution in [-0.4, -0.2) is 31.1 Å². The van der Waals surface area contributed by atoms with Gasteiger partial charge in [0, 0.05) is 6.54 Å². The molecule has 2 rings (SSSR count). The van der Waals surface area contributed by atoms with E-state index in [1.807, 2.05) is 0 Å². The van der Waals surface area contributed by atoms with E-state index in [9.17, 15) is 18.3 Å². The summed E-state index contributed by atoms with van der Waals surface area (Å²) in [5, 5.41) is 22.1. The van der Waals surface area contributed by atoms with Gasteiger partial charge < -0.3 is 10.2 Å². The molecule has 1 aromatic carbocycles. The van der Waals surface area contributed by atoms with Gasteiger partial charge in [0.2, 0.25) is 10.0 Å². The number of carboxylic acid groups (broad SMARTS) is 1. The summed E-state index contributed by atoms with van der Waals surface area (Å²) in [4.78, 5) is 10.7. The number of aliphatic hydroxyl groups excluding tert-OH is 1. The minimum Gasteiger partial charge on any atom is -0.478 e. The lowest BCUT2D eigenvalue weighted by atomic mass is 10.2. The van der Waals surface area contributed by atoms with Gasteiger partial charge >= 0.3 is 5.97 Å². The van der Waals surface area contributed by atoms with Crippen molar-refractivity contribution in [1.82, 2.24) is 4.72 Å². The van der Waals surface area contributed by atoms with Gasteiger partial charge in [0.1, 0.15) is 0 Å².